The van der Waals surface area contributed by atoms with E-state index in [1.54, 1.807) is 25.8 Å². The van der Waals surface area contributed by atoms with Gasteiger partial charge in [0.2, 0.25) is 5.89 Å². The zero-order chi connectivity index (χ0) is 28.1. The summed E-state index contributed by atoms with van der Waals surface area (Å²) in [7, 11) is 0.642. The second-order valence-corrected chi connectivity index (χ2v) is 16.3. The minimum atomic E-state index is -2.32. The monoisotopic (exact) mass is 568 g/mol. The van der Waals surface area contributed by atoms with Crippen molar-refractivity contribution in [1.82, 2.24) is 15.5 Å². The zero-order valence-electron chi connectivity index (χ0n) is 23.5. The Hall–Kier alpha value is -2.31. The molecule has 0 saturated heterocycles. The summed E-state index contributed by atoms with van der Waals surface area (Å²) >= 11 is 6.61. The Labute approximate surface area is 230 Å². The molecule has 0 fully saturated rings. The van der Waals surface area contributed by atoms with Crippen LogP contribution in [-0.2, 0) is 10.5 Å². The maximum absolute atomic E-state index is 13.0. The minimum absolute atomic E-state index is 0.0391. The summed E-state index contributed by atoms with van der Waals surface area (Å²) in [4.78, 5) is 17.3. The number of thiocarbonyl (C=S) groups is 1. The lowest BCUT2D eigenvalue weighted by atomic mass is 9.99. The third-order valence-electron chi connectivity index (χ3n) is 7.26. The van der Waals surface area contributed by atoms with Crippen LogP contribution in [0.15, 0.2) is 10.6 Å². The molecule has 3 N–H and O–H groups in total. The number of hydrogen-bond acceptors (Lipinski definition) is 9. The Morgan fingerprint density at radius 3 is 2.41 bits per heavy atom. The molecular weight excluding hydrogens is 529 g/mol. The largest absolute Gasteiger partial charge is 0.543 e. The average molecular weight is 569 g/mol. The number of aryl methyl sites for hydroxylation is 1. The van der Waals surface area contributed by atoms with Crippen LogP contribution < -0.4 is 20.2 Å². The quantitative estimate of drug-likeness (QED) is 0.197. The normalized spacial score (nSPS) is 12.8. The van der Waals surface area contributed by atoms with Gasteiger partial charge in [0.15, 0.2) is 10.9 Å². The van der Waals surface area contributed by atoms with E-state index in [1.807, 2.05) is 13.0 Å². The summed E-state index contributed by atoms with van der Waals surface area (Å²) in [6.45, 7) is 16.9. The molecule has 0 aliphatic heterocycles. The molecule has 2 aromatic rings. The van der Waals surface area contributed by atoms with E-state index in [2.05, 4.69) is 56.2 Å². The number of esters is 1. The highest BCUT2D eigenvalue weighted by atomic mass is 32.2. The van der Waals surface area contributed by atoms with Crippen molar-refractivity contribution in [3.63, 3.8) is 0 Å². The Kier molecular flexibility index (Phi) is 10.4. The molecule has 0 bridgehead atoms. The molecule has 0 aliphatic carbocycles. The van der Waals surface area contributed by atoms with E-state index in [0.29, 0.717) is 51.8 Å². The highest BCUT2D eigenvalue weighted by Gasteiger charge is 2.45. The molecule has 206 valence electrons. The van der Waals surface area contributed by atoms with Crippen LogP contribution in [0, 0.1) is 19.8 Å². The van der Waals surface area contributed by atoms with Gasteiger partial charge in [-0.25, -0.2) is 4.79 Å². The van der Waals surface area contributed by atoms with E-state index in [9.17, 15) is 4.79 Å². The summed E-state index contributed by atoms with van der Waals surface area (Å²) in [5, 5.41) is 6.98. The molecule has 1 aromatic carbocycles. The van der Waals surface area contributed by atoms with Gasteiger partial charge < -0.3 is 29.5 Å². The highest BCUT2D eigenvalue weighted by molar-refractivity contribution is 7.98. The molecule has 1 heterocycles. The number of aromatic nitrogens is 2. The van der Waals surface area contributed by atoms with E-state index in [-0.39, 0.29) is 16.2 Å². The van der Waals surface area contributed by atoms with Crippen molar-refractivity contribution in [2.24, 2.45) is 11.7 Å². The van der Waals surface area contributed by atoms with Crippen molar-refractivity contribution < 1.29 is 23.2 Å². The number of ether oxygens (including phenoxy) is 2. The Balaban J connectivity index is 2.52. The third-order valence-corrected chi connectivity index (χ3v) is 12.9. The van der Waals surface area contributed by atoms with Gasteiger partial charge in [0.05, 0.1) is 19.8 Å². The van der Waals surface area contributed by atoms with Crippen LogP contribution in [-0.4, -0.2) is 49.5 Å². The fourth-order valence-corrected chi connectivity index (χ4v) is 7.39. The fourth-order valence-electron chi connectivity index (χ4n) is 3.79. The molecule has 2 rings (SSSR count). The Bertz CT molecular complexity index is 1120. The summed E-state index contributed by atoms with van der Waals surface area (Å²) in [5.74, 6) is 3.04. The first kappa shape index (κ1) is 30.9. The first-order chi connectivity index (χ1) is 17.2. The molecule has 0 amide bonds. The molecule has 0 unspecified atom stereocenters. The van der Waals surface area contributed by atoms with Gasteiger partial charge >= 0.3 is 5.97 Å². The van der Waals surface area contributed by atoms with E-state index in [4.69, 9.17) is 36.4 Å². The van der Waals surface area contributed by atoms with Crippen LogP contribution in [0.3, 0.4) is 0 Å². The van der Waals surface area contributed by atoms with Crippen LogP contribution in [0.25, 0.3) is 0 Å². The summed E-state index contributed by atoms with van der Waals surface area (Å²) in [6.07, 6.45) is 0. The van der Waals surface area contributed by atoms with Gasteiger partial charge in [0, 0.05) is 28.7 Å². The highest BCUT2D eigenvalue weighted by Crippen LogP contribution is 2.47. The fraction of sp³-hybridized carbons (Fsp3) is 0.600. The van der Waals surface area contributed by atoms with Crippen LogP contribution in [0.2, 0.25) is 18.1 Å². The smallest absolute Gasteiger partial charge is 0.338 e. The first-order valence-electron chi connectivity index (χ1n) is 12.1. The predicted octanol–water partition coefficient (Wildman–Crippen LogP) is 5.31. The third kappa shape index (κ3) is 7.17. The van der Waals surface area contributed by atoms with E-state index in [0.717, 1.165) is 5.56 Å². The lowest BCUT2D eigenvalue weighted by molar-refractivity contribution is 0.0598. The molecule has 1 atom stereocenters. The number of thioether (sulfide) groups is 1. The van der Waals surface area contributed by atoms with E-state index < -0.39 is 14.3 Å². The van der Waals surface area contributed by atoms with Crippen molar-refractivity contribution in [3.8, 4) is 11.5 Å². The van der Waals surface area contributed by atoms with Crippen molar-refractivity contribution >= 4 is 43.4 Å². The average Bonchev–Trinajstić information content (AvgIpc) is 3.24. The lowest BCUT2D eigenvalue weighted by Crippen LogP contribution is -2.48. The molecular formula is C25H40N4O5S2Si. The molecule has 0 spiro atoms. The summed E-state index contributed by atoms with van der Waals surface area (Å²) in [6, 6.07) is 1.49. The van der Waals surface area contributed by atoms with E-state index in [1.165, 1.54) is 7.11 Å². The zero-order valence-corrected chi connectivity index (χ0v) is 26.1. The van der Waals surface area contributed by atoms with Gasteiger partial charge in [0.1, 0.15) is 17.5 Å². The number of methoxy groups -OCH3 is 2. The minimum Gasteiger partial charge on any atom is -0.543 e. The molecule has 0 saturated carbocycles. The second-order valence-electron chi connectivity index (χ2n) is 10.3. The lowest BCUT2D eigenvalue weighted by Gasteiger charge is -2.43. The van der Waals surface area contributed by atoms with Gasteiger partial charge in [-0.3, -0.25) is 0 Å². The molecule has 0 aliphatic rings. The second kappa shape index (κ2) is 12.5. The number of carbonyl (C=O) groups excluding carboxylic acids is 1. The number of rotatable bonds is 12. The number of carbonyl (C=O) groups is 1. The van der Waals surface area contributed by atoms with Crippen LogP contribution in [0.1, 0.15) is 66.9 Å². The van der Waals surface area contributed by atoms with Gasteiger partial charge in [-0.05, 0) is 50.1 Å². The number of nitrogens with zero attached hydrogens (tertiary/aromatic N) is 2. The van der Waals surface area contributed by atoms with Gasteiger partial charge in [0.25, 0.3) is 8.32 Å². The van der Waals surface area contributed by atoms with Crippen molar-refractivity contribution in [1.29, 1.82) is 0 Å². The van der Waals surface area contributed by atoms with Crippen molar-refractivity contribution in [2.45, 2.75) is 71.5 Å². The van der Waals surface area contributed by atoms with Crippen LogP contribution in [0.4, 0.5) is 0 Å². The van der Waals surface area contributed by atoms with Crippen molar-refractivity contribution in [3.05, 3.63) is 34.5 Å². The van der Waals surface area contributed by atoms with Crippen LogP contribution >= 0.6 is 24.0 Å². The summed E-state index contributed by atoms with van der Waals surface area (Å²) in [5.41, 5.74) is 7.65. The van der Waals surface area contributed by atoms with E-state index >= 15 is 0 Å². The SMILES string of the molecule is COC(=O)c1c(C)c(OC)cc(O[Si](C)(C)C(C)(C)C(C)C)c1CSC[C@H](NC(N)=S)c1nc(C)no1. The molecule has 0 radical (unpaired) electrons. The predicted molar refractivity (Wildman–Crippen MR) is 154 cm³/mol. The molecule has 12 heteroatoms. The maximum atomic E-state index is 13.0. The molecule has 1 aromatic heterocycles. The Morgan fingerprint density at radius 2 is 1.92 bits per heavy atom. The Morgan fingerprint density at radius 1 is 1.27 bits per heavy atom. The maximum Gasteiger partial charge on any atom is 0.338 e. The molecule has 37 heavy (non-hydrogen) atoms. The van der Waals surface area contributed by atoms with Gasteiger partial charge in [-0.2, -0.15) is 16.7 Å². The van der Waals surface area contributed by atoms with Gasteiger partial charge in [-0.15, -0.1) is 0 Å². The number of benzene rings is 1. The van der Waals surface area contributed by atoms with Crippen LogP contribution in [0.5, 0.6) is 11.5 Å². The first-order valence-corrected chi connectivity index (χ1v) is 16.5. The summed E-state index contributed by atoms with van der Waals surface area (Å²) < 4.78 is 23.0. The standard InChI is InChI=1S/C25H40N4O5S2Si/c1-14(2)25(5,6)37(9,10)34-20-11-19(31-7)15(3)21(23(30)32-8)17(20)12-36-13-18(28-24(26)35)22-27-16(4)29-33-22/h11,14,18H,12-13H2,1-10H3,(H3,26,28,35)/t18-/m0/s1. The van der Waals surface area contributed by atoms with Gasteiger partial charge in [-0.1, -0.05) is 32.9 Å². The molecule has 9 nitrogen and oxygen atoms in total. The number of nitrogens with one attached hydrogen (secondary N) is 1. The van der Waals surface area contributed by atoms with Crippen molar-refractivity contribution in [2.75, 3.05) is 20.0 Å². The number of hydrogen-bond donors (Lipinski definition) is 2. The number of nitrogens with two attached hydrogens (primary N) is 1. The topological polar surface area (TPSA) is 122 Å².